The van der Waals surface area contributed by atoms with E-state index in [9.17, 15) is 18.3 Å². The van der Waals surface area contributed by atoms with Crippen LogP contribution in [0.5, 0.6) is 0 Å². The van der Waals surface area contributed by atoms with Crippen LogP contribution in [0.2, 0.25) is 0 Å². The number of anilines is 2. The molecule has 2 aromatic rings. The molecule has 26 heavy (non-hydrogen) atoms. The van der Waals surface area contributed by atoms with E-state index in [1.807, 2.05) is 13.8 Å². The Bertz CT molecular complexity index is 886. The van der Waals surface area contributed by atoms with E-state index in [1.165, 1.54) is 22.5 Å². The molecule has 1 aromatic carbocycles. The zero-order valence-corrected chi connectivity index (χ0v) is 16.1. The fraction of sp³-hybridized carbons (Fsp3) is 0.412. The highest BCUT2D eigenvalue weighted by molar-refractivity contribution is 7.89. The maximum absolute atomic E-state index is 12.6. The molecule has 9 heteroatoms. The van der Waals surface area contributed by atoms with Crippen molar-refractivity contribution >= 4 is 27.5 Å². The molecule has 0 unspecified atom stereocenters. The second-order valence-corrected chi connectivity index (χ2v) is 7.92. The molecule has 8 nitrogen and oxygen atoms in total. The van der Waals surface area contributed by atoms with Gasteiger partial charge in [-0.1, -0.05) is 13.8 Å². The molecule has 0 radical (unpaired) electrons. The predicted molar refractivity (Wildman–Crippen MR) is 99.4 cm³/mol. The average molecular weight is 380 g/mol. The first kappa shape index (κ1) is 19.9. The highest BCUT2D eigenvalue weighted by Gasteiger charge is 2.24. The second-order valence-electron chi connectivity index (χ2n) is 5.98. The number of aromatic carboxylic acids is 1. The second kappa shape index (κ2) is 7.88. The molecule has 0 saturated carbocycles. The molecule has 0 saturated heterocycles. The number of nitrogens with zero attached hydrogens (tertiary/aromatic N) is 3. The molecule has 0 fully saturated rings. The Hall–Kier alpha value is -2.39. The van der Waals surface area contributed by atoms with Gasteiger partial charge in [-0.25, -0.2) is 17.9 Å². The first-order valence-corrected chi connectivity index (χ1v) is 9.84. The largest absolute Gasteiger partial charge is 0.478 e. The van der Waals surface area contributed by atoms with Gasteiger partial charge in [-0.15, -0.1) is 0 Å². The minimum Gasteiger partial charge on any atom is -0.478 e. The Kier molecular flexibility index (Phi) is 6.04. The number of sulfonamides is 1. The quantitative estimate of drug-likeness (QED) is 0.730. The number of hydrogen-bond donors (Lipinski definition) is 2. The summed E-state index contributed by atoms with van der Waals surface area (Å²) in [6, 6.07) is 5.89. The van der Waals surface area contributed by atoms with Crippen LogP contribution in [0.3, 0.4) is 0 Å². The van der Waals surface area contributed by atoms with Crippen molar-refractivity contribution in [3.05, 3.63) is 36.0 Å². The Morgan fingerprint density at radius 1 is 1.27 bits per heavy atom. The third kappa shape index (κ3) is 3.88. The van der Waals surface area contributed by atoms with E-state index >= 15 is 0 Å². The first-order chi connectivity index (χ1) is 12.2. The Labute approximate surface area is 153 Å². The molecular formula is C17H24N4O4S. The van der Waals surface area contributed by atoms with Crippen LogP contribution in [0.15, 0.2) is 35.4 Å². The molecule has 142 valence electrons. The Morgan fingerprint density at radius 2 is 1.92 bits per heavy atom. The van der Waals surface area contributed by atoms with Crippen molar-refractivity contribution in [3.63, 3.8) is 0 Å². The SMILES string of the molecule is CCN(CC)S(=O)(=O)c1ccc(Nc2ccnn2C(C)C)c(C(=O)O)c1. The summed E-state index contributed by atoms with van der Waals surface area (Å²) in [5, 5.41) is 16.8. The van der Waals surface area contributed by atoms with Crippen molar-refractivity contribution < 1.29 is 18.3 Å². The highest BCUT2D eigenvalue weighted by Crippen LogP contribution is 2.26. The van der Waals surface area contributed by atoms with Gasteiger partial charge in [-0.3, -0.25) is 0 Å². The summed E-state index contributed by atoms with van der Waals surface area (Å²) >= 11 is 0. The molecular weight excluding hydrogens is 356 g/mol. The standard InChI is InChI=1S/C17H24N4O4S/c1-5-20(6-2)26(24,25)13-7-8-15(14(11-13)17(22)23)19-16-9-10-18-21(16)12(3)4/h7-12,19H,5-6H2,1-4H3,(H,22,23). The summed E-state index contributed by atoms with van der Waals surface area (Å²) in [4.78, 5) is 11.6. The van der Waals surface area contributed by atoms with Gasteiger partial charge < -0.3 is 10.4 Å². The van der Waals surface area contributed by atoms with Gasteiger partial charge >= 0.3 is 5.97 Å². The van der Waals surface area contributed by atoms with Gasteiger partial charge in [0.1, 0.15) is 5.82 Å². The predicted octanol–water partition coefficient (Wildman–Crippen LogP) is 2.94. The third-order valence-electron chi connectivity index (χ3n) is 3.99. The smallest absolute Gasteiger partial charge is 0.337 e. The minimum atomic E-state index is -3.73. The lowest BCUT2D eigenvalue weighted by atomic mass is 10.2. The molecule has 0 bridgehead atoms. The summed E-state index contributed by atoms with van der Waals surface area (Å²) in [6.07, 6.45) is 1.61. The number of aromatic nitrogens is 2. The summed E-state index contributed by atoms with van der Waals surface area (Å²) in [5.74, 6) is -0.582. The van der Waals surface area contributed by atoms with Crippen molar-refractivity contribution in [2.75, 3.05) is 18.4 Å². The summed E-state index contributed by atoms with van der Waals surface area (Å²) in [7, 11) is -3.73. The molecule has 2 rings (SSSR count). The molecule has 0 atom stereocenters. The lowest BCUT2D eigenvalue weighted by molar-refractivity contribution is 0.0697. The number of carbonyl (C=O) groups is 1. The van der Waals surface area contributed by atoms with E-state index in [1.54, 1.807) is 30.8 Å². The Balaban J connectivity index is 2.47. The lowest BCUT2D eigenvalue weighted by Crippen LogP contribution is -2.30. The molecule has 0 spiro atoms. The van der Waals surface area contributed by atoms with Crippen LogP contribution >= 0.6 is 0 Å². The van der Waals surface area contributed by atoms with Crippen molar-refractivity contribution in [1.82, 2.24) is 14.1 Å². The molecule has 0 aliphatic rings. The van der Waals surface area contributed by atoms with Crippen LogP contribution in [-0.4, -0.2) is 46.7 Å². The van der Waals surface area contributed by atoms with Crippen LogP contribution in [0.1, 0.15) is 44.1 Å². The van der Waals surface area contributed by atoms with Gasteiger partial charge in [0.25, 0.3) is 0 Å². The number of benzene rings is 1. The van der Waals surface area contributed by atoms with Crippen molar-refractivity contribution in [2.45, 2.75) is 38.6 Å². The fourth-order valence-corrected chi connectivity index (χ4v) is 4.13. The van der Waals surface area contributed by atoms with Crippen molar-refractivity contribution in [2.24, 2.45) is 0 Å². The summed E-state index contributed by atoms with van der Waals surface area (Å²) in [6.45, 7) is 8.01. The monoisotopic (exact) mass is 380 g/mol. The van der Waals surface area contributed by atoms with Crippen LogP contribution < -0.4 is 5.32 Å². The van der Waals surface area contributed by atoms with Gasteiger partial charge in [0, 0.05) is 25.2 Å². The van der Waals surface area contributed by atoms with E-state index in [0.29, 0.717) is 24.6 Å². The number of rotatable bonds is 8. The van der Waals surface area contributed by atoms with E-state index < -0.39 is 16.0 Å². The lowest BCUT2D eigenvalue weighted by Gasteiger charge is -2.19. The number of nitrogens with one attached hydrogen (secondary N) is 1. The normalized spacial score (nSPS) is 11.9. The van der Waals surface area contributed by atoms with Crippen LogP contribution in [0.25, 0.3) is 0 Å². The topological polar surface area (TPSA) is 105 Å². The van der Waals surface area contributed by atoms with Crippen LogP contribution in [0, 0.1) is 0 Å². The van der Waals surface area contributed by atoms with E-state index in [-0.39, 0.29) is 16.5 Å². The molecule has 0 amide bonds. The van der Waals surface area contributed by atoms with E-state index in [4.69, 9.17) is 0 Å². The maximum Gasteiger partial charge on any atom is 0.337 e. The maximum atomic E-state index is 12.6. The van der Waals surface area contributed by atoms with Gasteiger partial charge in [0.05, 0.1) is 22.3 Å². The minimum absolute atomic E-state index is 0.0403. The molecule has 2 N–H and O–H groups in total. The van der Waals surface area contributed by atoms with E-state index in [2.05, 4.69) is 10.4 Å². The number of carboxylic acids is 1. The summed E-state index contributed by atoms with van der Waals surface area (Å²) in [5.41, 5.74) is 0.188. The zero-order chi connectivity index (χ0) is 19.5. The van der Waals surface area contributed by atoms with Gasteiger partial charge in [0.2, 0.25) is 10.0 Å². The van der Waals surface area contributed by atoms with Crippen molar-refractivity contribution in [3.8, 4) is 0 Å². The molecule has 1 aromatic heterocycles. The van der Waals surface area contributed by atoms with Crippen molar-refractivity contribution in [1.29, 1.82) is 0 Å². The summed E-state index contributed by atoms with van der Waals surface area (Å²) < 4.78 is 28.3. The van der Waals surface area contributed by atoms with Crippen LogP contribution in [0.4, 0.5) is 11.5 Å². The number of hydrogen-bond acceptors (Lipinski definition) is 5. The molecule has 0 aliphatic carbocycles. The van der Waals surface area contributed by atoms with Crippen LogP contribution in [-0.2, 0) is 10.0 Å². The van der Waals surface area contributed by atoms with Gasteiger partial charge in [-0.05, 0) is 32.0 Å². The zero-order valence-electron chi connectivity index (χ0n) is 15.3. The average Bonchev–Trinajstić information content (AvgIpc) is 3.04. The van der Waals surface area contributed by atoms with Gasteiger partial charge in [0.15, 0.2) is 0 Å². The third-order valence-corrected chi connectivity index (χ3v) is 6.03. The highest BCUT2D eigenvalue weighted by atomic mass is 32.2. The molecule has 1 heterocycles. The number of carboxylic acid groups (broad SMARTS) is 1. The fourth-order valence-electron chi connectivity index (χ4n) is 2.65. The first-order valence-electron chi connectivity index (χ1n) is 8.40. The van der Waals surface area contributed by atoms with E-state index in [0.717, 1.165) is 0 Å². The Morgan fingerprint density at radius 3 is 2.46 bits per heavy atom. The molecule has 0 aliphatic heterocycles. The van der Waals surface area contributed by atoms with Gasteiger partial charge in [-0.2, -0.15) is 9.40 Å².